The van der Waals surface area contributed by atoms with E-state index in [-0.39, 0.29) is 5.91 Å². The molecule has 0 unspecified atom stereocenters. The zero-order valence-corrected chi connectivity index (χ0v) is 15.0. The molecule has 116 valence electrons. The van der Waals surface area contributed by atoms with Crippen molar-refractivity contribution < 1.29 is 4.79 Å². The number of hydrogen-bond acceptors (Lipinski definition) is 4. The molecule has 23 heavy (non-hydrogen) atoms. The number of carbonyl (C=O) groups excluding carboxylic acids is 1. The first-order valence-corrected chi connectivity index (χ1v) is 8.91. The molecule has 0 aliphatic carbocycles. The third-order valence-electron chi connectivity index (χ3n) is 3.09. The zero-order chi connectivity index (χ0) is 16.1. The Morgan fingerprint density at radius 3 is 2.52 bits per heavy atom. The van der Waals surface area contributed by atoms with Crippen molar-refractivity contribution in [2.45, 2.75) is 10.9 Å². The molecule has 0 aliphatic rings. The molecule has 0 saturated heterocycles. The van der Waals surface area contributed by atoms with Gasteiger partial charge in [0.1, 0.15) is 6.33 Å². The fourth-order valence-corrected chi connectivity index (χ4v) is 3.00. The van der Waals surface area contributed by atoms with Crippen LogP contribution < -0.4 is 5.32 Å². The van der Waals surface area contributed by atoms with E-state index in [4.69, 9.17) is 0 Å². The van der Waals surface area contributed by atoms with Crippen molar-refractivity contribution in [2.75, 3.05) is 5.32 Å². The third kappa shape index (κ3) is 4.55. The van der Waals surface area contributed by atoms with Gasteiger partial charge in [-0.2, -0.15) is 5.10 Å². The summed E-state index contributed by atoms with van der Waals surface area (Å²) in [4.78, 5) is 16.3. The molecule has 0 bridgehead atoms. The molecule has 0 saturated carbocycles. The zero-order valence-electron chi connectivity index (χ0n) is 12.0. The highest BCUT2D eigenvalue weighted by Gasteiger charge is 2.06. The maximum Gasteiger partial charge on any atom is 0.255 e. The minimum Gasteiger partial charge on any atom is -0.322 e. The van der Waals surface area contributed by atoms with E-state index in [2.05, 4.69) is 43.1 Å². The van der Waals surface area contributed by atoms with Gasteiger partial charge >= 0.3 is 0 Å². The van der Waals surface area contributed by atoms with E-state index < -0.39 is 0 Å². The van der Waals surface area contributed by atoms with E-state index in [1.165, 1.54) is 6.33 Å². The maximum atomic E-state index is 12.2. The molecule has 3 rings (SSSR count). The quantitative estimate of drug-likeness (QED) is 0.470. The third-order valence-corrected chi connectivity index (χ3v) is 4.75. The van der Waals surface area contributed by atoms with Gasteiger partial charge in [0.15, 0.2) is 5.16 Å². The molecular weight excluding hydrogens is 423 g/mol. The standard InChI is InChI=1S/C16H13IN4OS/c17-13-5-7-14(8-6-13)20-15(22)12-3-1-11(2-4-12)9-23-16-18-10-19-21-16/h1-8,10H,9H2,(H,20,22)(H,18,19,21). The Morgan fingerprint density at radius 2 is 1.87 bits per heavy atom. The summed E-state index contributed by atoms with van der Waals surface area (Å²) in [5, 5.41) is 10.3. The van der Waals surface area contributed by atoms with Crippen molar-refractivity contribution in [1.29, 1.82) is 0 Å². The normalized spacial score (nSPS) is 10.5. The Morgan fingerprint density at radius 1 is 1.13 bits per heavy atom. The SMILES string of the molecule is O=C(Nc1ccc(I)cc1)c1ccc(CSc2ncn[nH]2)cc1. The Hall–Kier alpha value is -1.87. The number of nitrogens with one attached hydrogen (secondary N) is 2. The van der Waals surface area contributed by atoms with Gasteiger partial charge in [0, 0.05) is 20.6 Å². The Kier molecular flexibility index (Phi) is 5.29. The Balaban J connectivity index is 1.59. The lowest BCUT2D eigenvalue weighted by molar-refractivity contribution is 0.102. The van der Waals surface area contributed by atoms with Gasteiger partial charge in [0.25, 0.3) is 5.91 Å². The predicted octanol–water partition coefficient (Wildman–Crippen LogP) is 3.95. The molecular formula is C16H13IN4OS. The number of carbonyl (C=O) groups is 1. The molecule has 0 aliphatic heterocycles. The van der Waals surface area contributed by atoms with Crippen molar-refractivity contribution in [1.82, 2.24) is 15.2 Å². The molecule has 0 atom stereocenters. The number of aromatic amines is 1. The average molecular weight is 436 g/mol. The van der Waals surface area contributed by atoms with E-state index in [1.807, 2.05) is 48.5 Å². The van der Waals surface area contributed by atoms with Crippen molar-refractivity contribution in [3.63, 3.8) is 0 Å². The van der Waals surface area contributed by atoms with E-state index in [1.54, 1.807) is 11.8 Å². The van der Waals surface area contributed by atoms with Crippen molar-refractivity contribution in [3.05, 3.63) is 69.6 Å². The van der Waals surface area contributed by atoms with Gasteiger partial charge in [-0.3, -0.25) is 9.89 Å². The van der Waals surface area contributed by atoms with Gasteiger partial charge < -0.3 is 5.32 Å². The number of hydrogen-bond donors (Lipinski definition) is 2. The van der Waals surface area contributed by atoms with Gasteiger partial charge in [0.05, 0.1) is 0 Å². The molecule has 0 fully saturated rings. The highest BCUT2D eigenvalue weighted by Crippen LogP contribution is 2.19. The van der Waals surface area contributed by atoms with Gasteiger partial charge in [0.2, 0.25) is 0 Å². The van der Waals surface area contributed by atoms with Crippen LogP contribution >= 0.6 is 34.4 Å². The lowest BCUT2D eigenvalue weighted by Crippen LogP contribution is -2.11. The van der Waals surface area contributed by atoms with Gasteiger partial charge in [-0.25, -0.2) is 4.98 Å². The molecule has 1 aromatic heterocycles. The van der Waals surface area contributed by atoms with E-state index in [9.17, 15) is 4.79 Å². The molecule has 2 aromatic carbocycles. The van der Waals surface area contributed by atoms with Crippen molar-refractivity contribution >= 4 is 45.9 Å². The number of benzene rings is 2. The lowest BCUT2D eigenvalue weighted by Gasteiger charge is -2.06. The molecule has 1 heterocycles. The molecule has 1 amide bonds. The van der Waals surface area contributed by atoms with Crippen LogP contribution in [0.1, 0.15) is 15.9 Å². The van der Waals surface area contributed by atoms with Crippen LogP contribution in [0.2, 0.25) is 0 Å². The Labute approximate surface area is 151 Å². The van der Waals surface area contributed by atoms with Gasteiger partial charge in [-0.15, -0.1) is 0 Å². The number of amides is 1. The largest absolute Gasteiger partial charge is 0.322 e. The average Bonchev–Trinajstić information content (AvgIpc) is 3.09. The fraction of sp³-hybridized carbons (Fsp3) is 0.0625. The molecule has 5 nitrogen and oxygen atoms in total. The van der Waals surface area contributed by atoms with E-state index in [0.29, 0.717) is 5.56 Å². The highest BCUT2D eigenvalue weighted by molar-refractivity contribution is 14.1. The van der Waals surface area contributed by atoms with Gasteiger partial charge in [-0.1, -0.05) is 23.9 Å². The second-order valence-corrected chi connectivity index (χ2v) is 6.95. The summed E-state index contributed by atoms with van der Waals surface area (Å²) in [6, 6.07) is 15.3. The van der Waals surface area contributed by atoms with E-state index >= 15 is 0 Å². The van der Waals surface area contributed by atoms with Crippen LogP contribution in [0.25, 0.3) is 0 Å². The number of halogens is 1. The summed E-state index contributed by atoms with van der Waals surface area (Å²) in [6.07, 6.45) is 1.49. The number of thioether (sulfide) groups is 1. The Bertz CT molecular complexity index is 773. The minimum atomic E-state index is -0.111. The summed E-state index contributed by atoms with van der Waals surface area (Å²) in [5.41, 5.74) is 2.55. The smallest absolute Gasteiger partial charge is 0.255 e. The van der Waals surface area contributed by atoms with Crippen LogP contribution in [-0.4, -0.2) is 21.1 Å². The van der Waals surface area contributed by atoms with E-state index in [0.717, 1.165) is 25.7 Å². The maximum absolute atomic E-state index is 12.2. The predicted molar refractivity (Wildman–Crippen MR) is 99.5 cm³/mol. The molecule has 0 spiro atoms. The van der Waals surface area contributed by atoms with Crippen LogP contribution in [0.5, 0.6) is 0 Å². The first-order valence-electron chi connectivity index (χ1n) is 6.85. The summed E-state index contributed by atoms with van der Waals surface area (Å²) < 4.78 is 1.13. The monoisotopic (exact) mass is 436 g/mol. The van der Waals surface area contributed by atoms with Gasteiger partial charge in [-0.05, 0) is 64.6 Å². The lowest BCUT2D eigenvalue weighted by atomic mass is 10.1. The number of anilines is 1. The first kappa shape index (κ1) is 16.0. The second-order valence-electron chi connectivity index (χ2n) is 4.74. The fourth-order valence-electron chi connectivity index (χ4n) is 1.90. The van der Waals surface area contributed by atoms with Crippen LogP contribution in [0.3, 0.4) is 0 Å². The number of nitrogens with zero attached hydrogens (tertiary/aromatic N) is 2. The molecule has 0 radical (unpaired) electrons. The van der Waals surface area contributed by atoms with Crippen LogP contribution in [0, 0.1) is 3.57 Å². The van der Waals surface area contributed by atoms with Crippen LogP contribution in [0.15, 0.2) is 60.0 Å². The molecule has 2 N–H and O–H groups in total. The number of aromatic nitrogens is 3. The van der Waals surface area contributed by atoms with Crippen molar-refractivity contribution in [3.8, 4) is 0 Å². The summed E-state index contributed by atoms with van der Waals surface area (Å²) in [5.74, 6) is 0.662. The summed E-state index contributed by atoms with van der Waals surface area (Å²) >= 11 is 3.80. The summed E-state index contributed by atoms with van der Waals surface area (Å²) in [7, 11) is 0. The molecule has 3 aromatic rings. The molecule has 7 heteroatoms. The summed E-state index contributed by atoms with van der Waals surface area (Å²) in [6.45, 7) is 0. The van der Waals surface area contributed by atoms with Crippen molar-refractivity contribution in [2.24, 2.45) is 0 Å². The van der Waals surface area contributed by atoms with Crippen LogP contribution in [0.4, 0.5) is 5.69 Å². The minimum absolute atomic E-state index is 0.111. The number of H-pyrrole nitrogens is 1. The number of rotatable bonds is 5. The first-order chi connectivity index (χ1) is 11.2. The topological polar surface area (TPSA) is 70.7 Å². The highest BCUT2D eigenvalue weighted by atomic mass is 127. The second kappa shape index (κ2) is 7.60. The van der Waals surface area contributed by atoms with Crippen LogP contribution in [-0.2, 0) is 5.75 Å².